The average molecular weight is 238 g/mol. The highest BCUT2D eigenvalue weighted by molar-refractivity contribution is 7.99. The molecule has 3 N–H and O–H groups in total. The Morgan fingerprint density at radius 1 is 1.44 bits per heavy atom. The van der Waals surface area contributed by atoms with Crippen LogP contribution in [-0.4, -0.2) is 11.7 Å². The zero-order chi connectivity index (χ0) is 12.0. The molecule has 0 aliphatic heterocycles. The average Bonchev–Trinajstić information content (AvgIpc) is 2.30. The monoisotopic (exact) mass is 238 g/mol. The summed E-state index contributed by atoms with van der Waals surface area (Å²) in [5.41, 5.74) is 7.13. The number of rotatable bonds is 5. The predicted molar refractivity (Wildman–Crippen MR) is 70.8 cm³/mol. The van der Waals surface area contributed by atoms with Crippen molar-refractivity contribution in [3.8, 4) is 0 Å². The molecule has 88 valence electrons. The third-order valence-electron chi connectivity index (χ3n) is 2.09. The van der Waals surface area contributed by atoms with Gasteiger partial charge in [-0.2, -0.15) is 0 Å². The lowest BCUT2D eigenvalue weighted by Crippen LogP contribution is -2.11. The zero-order valence-electron chi connectivity index (χ0n) is 9.75. The first-order valence-electron chi connectivity index (χ1n) is 5.49. The van der Waals surface area contributed by atoms with Gasteiger partial charge in [0.1, 0.15) is 0 Å². The number of nitrogens with one attached hydrogen (secondary N) is 1. The first-order valence-corrected chi connectivity index (χ1v) is 6.48. The molecular weight excluding hydrogens is 220 g/mol. The molecule has 0 aromatic heterocycles. The van der Waals surface area contributed by atoms with Crippen molar-refractivity contribution in [3.05, 3.63) is 18.2 Å². The molecule has 0 atom stereocenters. The van der Waals surface area contributed by atoms with Crippen LogP contribution in [0.15, 0.2) is 23.1 Å². The number of nitrogen functional groups attached to an aromatic ring is 1. The SMILES string of the molecule is CCCSc1ccc(N)c(NC(=O)CC)c1. The van der Waals surface area contributed by atoms with Crippen LogP contribution in [-0.2, 0) is 4.79 Å². The first-order chi connectivity index (χ1) is 7.67. The van der Waals surface area contributed by atoms with Gasteiger partial charge in [0, 0.05) is 11.3 Å². The largest absolute Gasteiger partial charge is 0.397 e. The minimum Gasteiger partial charge on any atom is -0.397 e. The Labute approximate surface area is 101 Å². The van der Waals surface area contributed by atoms with E-state index in [0.29, 0.717) is 17.8 Å². The molecular formula is C12H18N2OS. The summed E-state index contributed by atoms with van der Waals surface area (Å²) in [6, 6.07) is 5.75. The second-order valence-corrected chi connectivity index (χ2v) is 4.67. The fourth-order valence-electron chi connectivity index (χ4n) is 1.19. The number of anilines is 2. The minimum atomic E-state index is -0.00987. The first kappa shape index (κ1) is 12.9. The second kappa shape index (κ2) is 6.43. The lowest BCUT2D eigenvalue weighted by atomic mass is 10.2. The van der Waals surface area contributed by atoms with E-state index in [1.807, 2.05) is 25.1 Å². The van der Waals surface area contributed by atoms with Crippen molar-refractivity contribution in [2.75, 3.05) is 16.8 Å². The van der Waals surface area contributed by atoms with Gasteiger partial charge in [-0.05, 0) is 30.4 Å². The van der Waals surface area contributed by atoms with Crippen molar-refractivity contribution in [1.82, 2.24) is 0 Å². The van der Waals surface area contributed by atoms with E-state index in [4.69, 9.17) is 5.73 Å². The molecule has 3 nitrogen and oxygen atoms in total. The van der Waals surface area contributed by atoms with Gasteiger partial charge in [0.25, 0.3) is 0 Å². The van der Waals surface area contributed by atoms with Gasteiger partial charge in [-0.25, -0.2) is 0 Å². The number of hydrogen-bond acceptors (Lipinski definition) is 3. The van der Waals surface area contributed by atoms with Gasteiger partial charge in [-0.1, -0.05) is 13.8 Å². The Morgan fingerprint density at radius 3 is 2.81 bits per heavy atom. The summed E-state index contributed by atoms with van der Waals surface area (Å²) < 4.78 is 0. The van der Waals surface area contributed by atoms with E-state index in [-0.39, 0.29) is 5.91 Å². The summed E-state index contributed by atoms with van der Waals surface area (Å²) in [5, 5.41) is 2.80. The van der Waals surface area contributed by atoms with Gasteiger partial charge < -0.3 is 11.1 Å². The van der Waals surface area contributed by atoms with Crippen LogP contribution in [0.5, 0.6) is 0 Å². The van der Waals surface area contributed by atoms with Crippen LogP contribution >= 0.6 is 11.8 Å². The summed E-state index contributed by atoms with van der Waals surface area (Å²) >= 11 is 1.77. The van der Waals surface area contributed by atoms with E-state index in [1.165, 1.54) is 0 Å². The molecule has 16 heavy (non-hydrogen) atoms. The van der Waals surface area contributed by atoms with Crippen LogP contribution in [0.25, 0.3) is 0 Å². The smallest absolute Gasteiger partial charge is 0.224 e. The number of amides is 1. The van der Waals surface area contributed by atoms with E-state index in [9.17, 15) is 4.79 Å². The Hall–Kier alpha value is -1.16. The predicted octanol–water partition coefficient (Wildman–Crippen LogP) is 3.12. The Balaban J connectivity index is 2.77. The van der Waals surface area contributed by atoms with Gasteiger partial charge in [0.05, 0.1) is 11.4 Å². The molecule has 1 amide bonds. The normalized spacial score (nSPS) is 10.1. The van der Waals surface area contributed by atoms with Gasteiger partial charge in [0.2, 0.25) is 5.91 Å². The van der Waals surface area contributed by atoms with Crippen LogP contribution in [0.2, 0.25) is 0 Å². The number of carbonyl (C=O) groups excluding carboxylic acids is 1. The molecule has 0 bridgehead atoms. The van der Waals surface area contributed by atoms with Crippen LogP contribution in [0.4, 0.5) is 11.4 Å². The maximum atomic E-state index is 11.3. The summed E-state index contributed by atoms with van der Waals surface area (Å²) in [6.45, 7) is 3.96. The maximum absolute atomic E-state index is 11.3. The molecule has 0 spiro atoms. The molecule has 0 saturated heterocycles. The molecule has 0 aliphatic rings. The third-order valence-corrected chi connectivity index (χ3v) is 3.29. The van der Waals surface area contributed by atoms with Crippen molar-refractivity contribution in [2.24, 2.45) is 0 Å². The number of carbonyl (C=O) groups is 1. The Kier molecular flexibility index (Phi) is 5.19. The molecule has 0 aliphatic carbocycles. The summed E-state index contributed by atoms with van der Waals surface area (Å²) in [6.07, 6.45) is 1.59. The molecule has 0 saturated carbocycles. The molecule has 4 heteroatoms. The number of thioether (sulfide) groups is 1. The van der Waals surface area contributed by atoms with Crippen molar-refractivity contribution in [3.63, 3.8) is 0 Å². The Morgan fingerprint density at radius 2 is 2.19 bits per heavy atom. The van der Waals surface area contributed by atoms with Crippen LogP contribution in [0.3, 0.4) is 0 Å². The van der Waals surface area contributed by atoms with Gasteiger partial charge in [-0.15, -0.1) is 11.8 Å². The van der Waals surface area contributed by atoms with E-state index >= 15 is 0 Å². The molecule has 1 aromatic rings. The zero-order valence-corrected chi connectivity index (χ0v) is 10.6. The third kappa shape index (κ3) is 3.77. The fraction of sp³-hybridized carbons (Fsp3) is 0.417. The minimum absolute atomic E-state index is 0.00987. The van der Waals surface area contributed by atoms with Crippen molar-refractivity contribution in [1.29, 1.82) is 0 Å². The second-order valence-electron chi connectivity index (χ2n) is 3.50. The highest BCUT2D eigenvalue weighted by Gasteiger charge is 2.04. The molecule has 0 fully saturated rings. The van der Waals surface area contributed by atoms with Crippen molar-refractivity contribution in [2.45, 2.75) is 31.6 Å². The molecule has 1 aromatic carbocycles. The standard InChI is InChI=1S/C12H18N2OS/c1-3-7-16-9-5-6-10(13)11(8-9)14-12(15)4-2/h5-6,8H,3-4,7,13H2,1-2H3,(H,14,15). The van der Waals surface area contributed by atoms with Crippen molar-refractivity contribution >= 4 is 29.0 Å². The summed E-state index contributed by atoms with van der Waals surface area (Å²) in [7, 11) is 0. The molecule has 0 radical (unpaired) electrons. The fourth-order valence-corrected chi connectivity index (χ4v) is 2.00. The van der Waals surface area contributed by atoms with E-state index < -0.39 is 0 Å². The van der Waals surface area contributed by atoms with Crippen LogP contribution in [0.1, 0.15) is 26.7 Å². The quantitative estimate of drug-likeness (QED) is 0.612. The number of hydrogen-bond donors (Lipinski definition) is 2. The number of nitrogens with two attached hydrogens (primary N) is 1. The lowest BCUT2D eigenvalue weighted by Gasteiger charge is -2.09. The van der Waals surface area contributed by atoms with E-state index in [0.717, 1.165) is 17.1 Å². The van der Waals surface area contributed by atoms with Gasteiger partial charge in [0.15, 0.2) is 0 Å². The number of benzene rings is 1. The summed E-state index contributed by atoms with van der Waals surface area (Å²) in [5.74, 6) is 1.06. The highest BCUT2D eigenvalue weighted by atomic mass is 32.2. The van der Waals surface area contributed by atoms with Crippen LogP contribution in [0, 0.1) is 0 Å². The van der Waals surface area contributed by atoms with Gasteiger partial charge in [-0.3, -0.25) is 4.79 Å². The van der Waals surface area contributed by atoms with Crippen molar-refractivity contribution < 1.29 is 4.79 Å². The Bertz CT molecular complexity index is 366. The molecule has 1 rings (SSSR count). The van der Waals surface area contributed by atoms with Gasteiger partial charge >= 0.3 is 0 Å². The maximum Gasteiger partial charge on any atom is 0.224 e. The highest BCUT2D eigenvalue weighted by Crippen LogP contribution is 2.27. The van der Waals surface area contributed by atoms with E-state index in [1.54, 1.807) is 11.8 Å². The van der Waals surface area contributed by atoms with E-state index in [2.05, 4.69) is 12.2 Å². The topological polar surface area (TPSA) is 55.1 Å². The van der Waals surface area contributed by atoms with Crippen LogP contribution < -0.4 is 11.1 Å². The molecule has 0 unspecified atom stereocenters. The summed E-state index contributed by atoms with van der Waals surface area (Å²) in [4.78, 5) is 12.4. The lowest BCUT2D eigenvalue weighted by molar-refractivity contribution is -0.115. The molecule has 0 heterocycles.